The van der Waals surface area contributed by atoms with Gasteiger partial charge < -0.3 is 10.4 Å². The largest absolute Gasteiger partial charge is 0.481 e. The van der Waals surface area contributed by atoms with E-state index >= 15 is 0 Å². The van der Waals surface area contributed by atoms with Crippen LogP contribution < -0.4 is 5.32 Å². The summed E-state index contributed by atoms with van der Waals surface area (Å²) >= 11 is 0. The molecule has 0 aromatic heterocycles. The summed E-state index contributed by atoms with van der Waals surface area (Å²) in [5, 5.41) is 14.0. The fraction of sp³-hybridized carbons (Fsp3) is 0.217. The summed E-state index contributed by atoms with van der Waals surface area (Å²) in [6.45, 7) is 0. The minimum absolute atomic E-state index is 0.133. The topological polar surface area (TPSA) is 66.4 Å². The Morgan fingerprint density at radius 2 is 1.53 bits per heavy atom. The Morgan fingerprint density at radius 3 is 2.17 bits per heavy atom. The molecule has 0 saturated carbocycles. The van der Waals surface area contributed by atoms with E-state index in [9.17, 15) is 27.9 Å². The van der Waals surface area contributed by atoms with Gasteiger partial charge in [0.15, 0.2) is 0 Å². The van der Waals surface area contributed by atoms with E-state index < -0.39 is 29.7 Å². The van der Waals surface area contributed by atoms with Gasteiger partial charge in [0.1, 0.15) is 0 Å². The Labute approximate surface area is 171 Å². The normalized spacial score (nSPS) is 12.5. The molecular formula is C23H20F3NO3. The Bertz CT molecular complexity index is 1050. The van der Waals surface area contributed by atoms with Crippen LogP contribution in [0.3, 0.4) is 0 Å². The molecule has 1 atom stereocenters. The molecular weight excluding hydrogens is 395 g/mol. The number of fused-ring (bicyclic) bond motifs is 1. The summed E-state index contributed by atoms with van der Waals surface area (Å²) in [6.07, 6.45) is -4.50. The van der Waals surface area contributed by atoms with Crippen LogP contribution in [0.2, 0.25) is 0 Å². The summed E-state index contributed by atoms with van der Waals surface area (Å²) in [7, 11) is 0. The van der Waals surface area contributed by atoms with Crippen LogP contribution in [0, 0.1) is 0 Å². The van der Waals surface area contributed by atoms with Crippen molar-refractivity contribution < 1.29 is 27.9 Å². The second-order valence-electron chi connectivity index (χ2n) is 7.12. The Balaban J connectivity index is 1.67. The maximum atomic E-state index is 12.6. The molecule has 3 aromatic carbocycles. The first-order chi connectivity index (χ1) is 14.2. The van der Waals surface area contributed by atoms with Crippen LogP contribution in [0.25, 0.3) is 10.8 Å². The highest BCUT2D eigenvalue weighted by atomic mass is 19.4. The molecule has 7 heteroatoms. The molecule has 0 fully saturated rings. The first-order valence-electron chi connectivity index (χ1n) is 9.35. The maximum Gasteiger partial charge on any atom is 0.416 e. The smallest absolute Gasteiger partial charge is 0.416 e. The summed E-state index contributed by atoms with van der Waals surface area (Å²) in [5.41, 5.74) is 0.516. The van der Waals surface area contributed by atoms with Crippen LogP contribution in [0.1, 0.15) is 23.1 Å². The van der Waals surface area contributed by atoms with Crippen LogP contribution in [-0.4, -0.2) is 23.0 Å². The zero-order chi connectivity index (χ0) is 21.7. The van der Waals surface area contributed by atoms with E-state index in [1.54, 1.807) is 0 Å². The number of hydrogen-bond acceptors (Lipinski definition) is 2. The molecule has 0 unspecified atom stereocenters. The van der Waals surface area contributed by atoms with Crippen molar-refractivity contribution in [3.63, 3.8) is 0 Å². The van der Waals surface area contributed by atoms with Gasteiger partial charge in [-0.15, -0.1) is 0 Å². The quantitative estimate of drug-likeness (QED) is 0.593. The second-order valence-corrected chi connectivity index (χ2v) is 7.12. The van der Waals surface area contributed by atoms with Gasteiger partial charge in [-0.05, 0) is 40.5 Å². The number of alkyl halides is 3. The van der Waals surface area contributed by atoms with Crippen molar-refractivity contribution >= 4 is 22.6 Å². The molecule has 0 aliphatic heterocycles. The molecule has 4 nitrogen and oxygen atoms in total. The number of amides is 1. The summed E-state index contributed by atoms with van der Waals surface area (Å²) in [4.78, 5) is 23.6. The number of halogens is 3. The molecule has 2 N–H and O–H groups in total. The number of carbonyl (C=O) groups excluding carboxylic acids is 1. The molecule has 0 bridgehead atoms. The molecule has 3 aromatic rings. The van der Waals surface area contributed by atoms with Gasteiger partial charge in [-0.3, -0.25) is 9.59 Å². The van der Waals surface area contributed by atoms with Crippen molar-refractivity contribution in [2.75, 3.05) is 0 Å². The molecule has 3 rings (SSSR count). The minimum Gasteiger partial charge on any atom is -0.481 e. The number of hydrogen-bond donors (Lipinski definition) is 2. The van der Waals surface area contributed by atoms with E-state index in [2.05, 4.69) is 5.32 Å². The third-order valence-corrected chi connectivity index (χ3v) is 4.73. The predicted molar refractivity (Wildman–Crippen MR) is 107 cm³/mol. The zero-order valence-corrected chi connectivity index (χ0v) is 15.9. The maximum absolute atomic E-state index is 12.6. The number of aliphatic carboxylic acids is 1. The van der Waals surface area contributed by atoms with Crippen molar-refractivity contribution in [3.8, 4) is 0 Å². The van der Waals surface area contributed by atoms with Gasteiger partial charge in [0.2, 0.25) is 5.91 Å². The van der Waals surface area contributed by atoms with Crippen LogP contribution in [0.4, 0.5) is 13.2 Å². The molecule has 0 spiro atoms. The van der Waals surface area contributed by atoms with Gasteiger partial charge in [0.05, 0.1) is 18.4 Å². The van der Waals surface area contributed by atoms with Gasteiger partial charge in [-0.25, -0.2) is 0 Å². The predicted octanol–water partition coefficient (Wildman–Crippen LogP) is 4.60. The Morgan fingerprint density at radius 1 is 0.900 bits per heavy atom. The van der Waals surface area contributed by atoms with Crippen molar-refractivity contribution in [3.05, 3.63) is 83.4 Å². The molecule has 0 aliphatic carbocycles. The number of nitrogens with one attached hydrogen (secondary N) is 1. The third-order valence-electron chi connectivity index (χ3n) is 4.73. The lowest BCUT2D eigenvalue weighted by Gasteiger charge is -2.18. The number of carboxylic acids is 1. The van der Waals surface area contributed by atoms with E-state index in [4.69, 9.17) is 0 Å². The van der Waals surface area contributed by atoms with Gasteiger partial charge in [-0.1, -0.05) is 54.6 Å². The van der Waals surface area contributed by atoms with Crippen LogP contribution >= 0.6 is 0 Å². The number of rotatable bonds is 7. The highest BCUT2D eigenvalue weighted by molar-refractivity contribution is 5.83. The van der Waals surface area contributed by atoms with Crippen molar-refractivity contribution in [2.24, 2.45) is 0 Å². The molecule has 0 saturated heterocycles. The summed E-state index contributed by atoms with van der Waals surface area (Å²) < 4.78 is 37.9. The SMILES string of the molecule is O=C(O)C[C@@H](Cc1ccc2ccccc2c1)NC(=O)Cc1ccc(C(F)(F)F)cc1. The van der Waals surface area contributed by atoms with Crippen molar-refractivity contribution in [1.29, 1.82) is 0 Å². The van der Waals surface area contributed by atoms with E-state index in [1.807, 2.05) is 42.5 Å². The molecule has 0 aliphatic rings. The van der Waals surface area contributed by atoms with Crippen molar-refractivity contribution in [2.45, 2.75) is 31.5 Å². The lowest BCUT2D eigenvalue weighted by molar-refractivity contribution is -0.138. The number of benzene rings is 3. The fourth-order valence-corrected chi connectivity index (χ4v) is 3.31. The van der Waals surface area contributed by atoms with E-state index in [0.717, 1.165) is 28.5 Å². The zero-order valence-electron chi connectivity index (χ0n) is 15.9. The minimum atomic E-state index is -4.44. The highest BCUT2D eigenvalue weighted by Gasteiger charge is 2.30. The number of carbonyl (C=O) groups is 2. The molecule has 156 valence electrons. The first-order valence-corrected chi connectivity index (χ1v) is 9.35. The van der Waals surface area contributed by atoms with Crippen LogP contribution in [0.15, 0.2) is 66.7 Å². The average molecular weight is 415 g/mol. The van der Waals surface area contributed by atoms with E-state index in [1.165, 1.54) is 12.1 Å². The summed E-state index contributed by atoms with van der Waals surface area (Å²) in [6, 6.07) is 17.2. The highest BCUT2D eigenvalue weighted by Crippen LogP contribution is 2.29. The fourth-order valence-electron chi connectivity index (χ4n) is 3.31. The van der Waals surface area contributed by atoms with Gasteiger partial charge >= 0.3 is 12.1 Å². The molecule has 0 heterocycles. The van der Waals surface area contributed by atoms with Gasteiger partial charge in [0.25, 0.3) is 0 Å². The Hall–Kier alpha value is -3.35. The number of carboxylic acid groups (broad SMARTS) is 1. The average Bonchev–Trinajstić information content (AvgIpc) is 2.67. The monoisotopic (exact) mass is 415 g/mol. The van der Waals surface area contributed by atoms with Gasteiger partial charge in [-0.2, -0.15) is 13.2 Å². The molecule has 0 radical (unpaired) electrons. The van der Waals surface area contributed by atoms with Gasteiger partial charge in [0, 0.05) is 6.04 Å². The first kappa shape index (κ1) is 21.4. The Kier molecular flexibility index (Phi) is 6.40. The standard InChI is InChI=1S/C23H20F3NO3/c24-23(25,26)19-9-6-15(7-10-19)13-21(28)27-20(14-22(29)30)12-16-5-8-17-3-1-2-4-18(17)11-16/h1-11,20H,12-14H2,(H,27,28)(H,29,30)/t20-/m1/s1. The van der Waals surface area contributed by atoms with E-state index in [0.29, 0.717) is 12.0 Å². The third kappa shape index (κ3) is 5.83. The van der Waals surface area contributed by atoms with Crippen LogP contribution in [-0.2, 0) is 28.6 Å². The van der Waals surface area contributed by atoms with Crippen LogP contribution in [0.5, 0.6) is 0 Å². The second kappa shape index (κ2) is 8.98. The lowest BCUT2D eigenvalue weighted by Crippen LogP contribution is -2.39. The molecule has 30 heavy (non-hydrogen) atoms. The summed E-state index contributed by atoms with van der Waals surface area (Å²) in [5.74, 6) is -1.49. The van der Waals surface area contributed by atoms with Crippen molar-refractivity contribution in [1.82, 2.24) is 5.32 Å². The van der Waals surface area contributed by atoms with E-state index in [-0.39, 0.29) is 12.8 Å². The molecule has 1 amide bonds. The lowest BCUT2D eigenvalue weighted by atomic mass is 9.99.